The molecule has 10 heteroatoms. The first-order chi connectivity index (χ1) is 11.0. The largest absolute Gasteiger partial charge is 0.440 e. The number of benzene rings is 1. The third-order valence-corrected chi connectivity index (χ3v) is 3.30. The van der Waals surface area contributed by atoms with Gasteiger partial charge in [0, 0.05) is 0 Å². The molecule has 4 N–H and O–H groups in total. The van der Waals surface area contributed by atoms with Gasteiger partial charge in [0.1, 0.15) is 11.1 Å². The molecule has 3 aromatic rings. The Labute approximate surface area is 131 Å². The van der Waals surface area contributed by atoms with Gasteiger partial charge in [-0.05, 0) is 24.4 Å². The van der Waals surface area contributed by atoms with Crippen LogP contribution >= 0.6 is 12.2 Å². The van der Waals surface area contributed by atoms with E-state index in [1.54, 1.807) is 24.3 Å². The molecule has 0 saturated carbocycles. The van der Waals surface area contributed by atoms with Crippen molar-refractivity contribution in [1.82, 2.24) is 14.9 Å². The van der Waals surface area contributed by atoms with Crippen molar-refractivity contribution in [1.29, 1.82) is 0 Å². The smallest absolute Gasteiger partial charge is 0.340 e. The van der Waals surface area contributed by atoms with Crippen LogP contribution < -0.4 is 22.3 Å². The van der Waals surface area contributed by atoms with Gasteiger partial charge in [0.25, 0.3) is 0 Å². The van der Waals surface area contributed by atoms with Crippen LogP contribution in [0.25, 0.3) is 11.0 Å². The highest BCUT2D eigenvalue weighted by molar-refractivity contribution is 7.71. The summed E-state index contributed by atoms with van der Waals surface area (Å²) >= 11 is 4.85. The minimum absolute atomic E-state index is 0.0507. The molecular weight excluding hydrogens is 322 g/mol. The van der Waals surface area contributed by atoms with Gasteiger partial charge in [-0.15, -0.1) is 0 Å². The number of H-pyrrole nitrogens is 2. The molecule has 0 spiro atoms. The number of nitrogens with one attached hydrogen (secondary N) is 2. The molecule has 0 aliphatic carbocycles. The third kappa shape index (κ3) is 2.51. The zero-order chi connectivity index (χ0) is 16.6. The molecule has 1 aromatic carbocycles. The van der Waals surface area contributed by atoms with E-state index < -0.39 is 16.5 Å². The van der Waals surface area contributed by atoms with Gasteiger partial charge in [-0.25, -0.2) is 0 Å². The zero-order valence-corrected chi connectivity index (χ0v) is 12.2. The van der Waals surface area contributed by atoms with Crippen LogP contribution in [0.1, 0.15) is 5.56 Å². The summed E-state index contributed by atoms with van der Waals surface area (Å²) in [6.07, 6.45) is 1.03. The third-order valence-electron chi connectivity index (χ3n) is 3.03. The van der Waals surface area contributed by atoms with Crippen molar-refractivity contribution < 1.29 is 4.42 Å². The van der Waals surface area contributed by atoms with Crippen LogP contribution in [0.15, 0.2) is 48.2 Å². The molecule has 3 rings (SSSR count). The molecule has 0 radical (unpaired) electrons. The monoisotopic (exact) mass is 331 g/mol. The fraction of sp³-hybridized carbons (Fsp3) is 0. The summed E-state index contributed by atoms with van der Waals surface area (Å²) in [6.45, 7) is 0. The molecule has 0 unspecified atom stereocenters. The molecular formula is C13H9N5O4S. The second-order valence-corrected chi connectivity index (χ2v) is 4.84. The van der Waals surface area contributed by atoms with Crippen LogP contribution in [0.2, 0.25) is 0 Å². The Morgan fingerprint density at radius 2 is 1.96 bits per heavy atom. The van der Waals surface area contributed by atoms with Crippen molar-refractivity contribution in [2.24, 2.45) is 5.10 Å². The molecule has 0 aliphatic rings. The normalized spacial score (nSPS) is 11.3. The first-order valence-corrected chi connectivity index (χ1v) is 6.69. The maximum absolute atomic E-state index is 12.4. The number of rotatable bonds is 2. The lowest BCUT2D eigenvalue weighted by molar-refractivity contribution is 0.623. The number of nitrogen functional groups attached to an aromatic ring is 1. The average molecular weight is 331 g/mol. The summed E-state index contributed by atoms with van der Waals surface area (Å²) in [5.41, 5.74) is 3.65. The molecule has 0 bridgehead atoms. The maximum Gasteiger partial charge on any atom is 0.340 e. The van der Waals surface area contributed by atoms with Gasteiger partial charge in [0.05, 0.1) is 11.6 Å². The Kier molecular flexibility index (Phi) is 3.50. The van der Waals surface area contributed by atoms with Gasteiger partial charge >= 0.3 is 11.1 Å². The Bertz CT molecular complexity index is 1170. The van der Waals surface area contributed by atoms with E-state index in [9.17, 15) is 14.4 Å². The van der Waals surface area contributed by atoms with E-state index in [0.29, 0.717) is 15.6 Å². The number of anilines is 1. The highest BCUT2D eigenvalue weighted by Crippen LogP contribution is 2.15. The summed E-state index contributed by atoms with van der Waals surface area (Å²) < 4.78 is 5.84. The van der Waals surface area contributed by atoms with Gasteiger partial charge in [-0.1, -0.05) is 12.1 Å². The van der Waals surface area contributed by atoms with Crippen molar-refractivity contribution in [2.75, 3.05) is 5.73 Å². The van der Waals surface area contributed by atoms with Crippen LogP contribution in [-0.2, 0) is 0 Å². The van der Waals surface area contributed by atoms with Crippen LogP contribution in [-0.4, -0.2) is 21.1 Å². The Morgan fingerprint density at radius 1 is 1.22 bits per heavy atom. The molecule has 116 valence electrons. The van der Waals surface area contributed by atoms with Gasteiger partial charge < -0.3 is 10.2 Å². The zero-order valence-electron chi connectivity index (χ0n) is 11.4. The molecule has 0 amide bonds. The highest BCUT2D eigenvalue weighted by Gasteiger charge is 2.10. The summed E-state index contributed by atoms with van der Waals surface area (Å²) in [5, 5.41) is 8.41. The lowest BCUT2D eigenvalue weighted by Crippen LogP contribution is -2.36. The minimum Gasteiger partial charge on any atom is -0.440 e. The maximum atomic E-state index is 12.4. The number of nitrogens with two attached hydrogens (primary N) is 1. The van der Waals surface area contributed by atoms with Crippen molar-refractivity contribution in [2.45, 2.75) is 0 Å². The first-order valence-electron chi connectivity index (χ1n) is 6.28. The Balaban J connectivity index is 2.22. The number of aromatic amines is 2. The van der Waals surface area contributed by atoms with Crippen molar-refractivity contribution in [3.63, 3.8) is 0 Å². The predicted octanol–water partition coefficient (Wildman–Crippen LogP) is 0.165. The van der Waals surface area contributed by atoms with E-state index in [1.165, 1.54) is 0 Å². The fourth-order valence-corrected chi connectivity index (χ4v) is 2.10. The number of hydrogen-bond donors (Lipinski definition) is 3. The molecule has 0 saturated heterocycles. The fourth-order valence-electron chi connectivity index (χ4n) is 1.92. The molecule has 0 atom stereocenters. The number of aromatic nitrogens is 3. The quantitative estimate of drug-likeness (QED) is 0.347. The molecule has 2 heterocycles. The average Bonchev–Trinajstić information content (AvgIpc) is 2.53. The second-order valence-electron chi connectivity index (χ2n) is 4.45. The van der Waals surface area contributed by atoms with Gasteiger partial charge in [-0.2, -0.15) is 9.78 Å². The summed E-state index contributed by atoms with van der Waals surface area (Å²) in [7, 11) is 0. The summed E-state index contributed by atoms with van der Waals surface area (Å²) in [4.78, 5) is 35.3. The van der Waals surface area contributed by atoms with Gasteiger partial charge in [-0.3, -0.25) is 24.6 Å². The Hall–Kier alpha value is -3.27. The molecule has 0 fully saturated rings. The van der Waals surface area contributed by atoms with E-state index in [1.807, 2.05) is 0 Å². The molecule has 2 aromatic heterocycles. The molecule has 9 nitrogen and oxygen atoms in total. The van der Waals surface area contributed by atoms with Crippen LogP contribution in [0.3, 0.4) is 0 Å². The minimum atomic E-state index is -0.992. The molecule has 0 aliphatic heterocycles. The summed E-state index contributed by atoms with van der Waals surface area (Å²) in [6, 6.07) is 6.55. The van der Waals surface area contributed by atoms with Crippen molar-refractivity contribution in [3.8, 4) is 0 Å². The lowest BCUT2D eigenvalue weighted by Gasteiger charge is -2.02. The topological polar surface area (TPSA) is 139 Å². The second kappa shape index (κ2) is 5.50. The van der Waals surface area contributed by atoms with E-state index in [2.05, 4.69) is 15.3 Å². The van der Waals surface area contributed by atoms with E-state index in [0.717, 1.165) is 6.21 Å². The SMILES string of the molecule is Nc1oc2ccccc2c(=O)c1/C=N/n1c(=S)[nH][nH]c(=O)c1=O. The summed E-state index contributed by atoms with van der Waals surface area (Å²) in [5.74, 6) is -0.162. The first kappa shape index (κ1) is 14.7. The van der Waals surface area contributed by atoms with Crippen molar-refractivity contribution in [3.05, 3.63) is 65.5 Å². The van der Waals surface area contributed by atoms with Crippen LogP contribution in [0.4, 0.5) is 5.88 Å². The number of para-hydroxylation sites is 1. The van der Waals surface area contributed by atoms with E-state index in [-0.39, 0.29) is 16.2 Å². The Morgan fingerprint density at radius 3 is 2.74 bits per heavy atom. The van der Waals surface area contributed by atoms with E-state index >= 15 is 0 Å². The van der Waals surface area contributed by atoms with Gasteiger partial charge in [0.2, 0.25) is 16.1 Å². The predicted molar refractivity (Wildman–Crippen MR) is 86.4 cm³/mol. The standard InChI is InChI=1S/C13H9N5O4S/c14-10-7(9(19)6-3-1-2-4-8(6)22-10)5-15-18-12(21)11(20)16-17-13(18)23/h1-5H,14H2,(H,16,20)(H,17,23)/b15-5+. The molecule has 23 heavy (non-hydrogen) atoms. The highest BCUT2D eigenvalue weighted by atomic mass is 32.1. The lowest BCUT2D eigenvalue weighted by atomic mass is 10.2. The number of hydrogen-bond acceptors (Lipinski definition) is 7. The van der Waals surface area contributed by atoms with E-state index in [4.69, 9.17) is 22.4 Å². The number of nitrogens with zero attached hydrogens (tertiary/aromatic N) is 2. The number of fused-ring (bicyclic) bond motifs is 1. The van der Waals surface area contributed by atoms with Crippen LogP contribution in [0.5, 0.6) is 0 Å². The van der Waals surface area contributed by atoms with Crippen molar-refractivity contribution >= 4 is 35.3 Å². The van der Waals surface area contributed by atoms with Gasteiger partial charge in [0.15, 0.2) is 0 Å². The van der Waals surface area contributed by atoms with Crippen LogP contribution in [0, 0.1) is 4.77 Å².